The number of hydrogen-bond donors (Lipinski definition) is 0. The maximum absolute atomic E-state index is 12.8. The van der Waals surface area contributed by atoms with Crippen LogP contribution < -0.4 is 0 Å². The van der Waals surface area contributed by atoms with Gasteiger partial charge in [0.15, 0.2) is 0 Å². The predicted molar refractivity (Wildman–Crippen MR) is 90.5 cm³/mol. The van der Waals surface area contributed by atoms with Crippen molar-refractivity contribution < 1.29 is 18.0 Å². The fourth-order valence-electron chi connectivity index (χ4n) is 2.92. The quantitative estimate of drug-likeness (QED) is 0.811. The van der Waals surface area contributed by atoms with E-state index in [1.54, 1.807) is 17.2 Å². The molecule has 1 amide bonds. The van der Waals surface area contributed by atoms with Crippen LogP contribution in [-0.4, -0.2) is 51.7 Å². The Kier molecular flexibility index (Phi) is 5.52. The molecule has 1 fully saturated rings. The lowest BCUT2D eigenvalue weighted by Gasteiger charge is -2.34. The number of amides is 1. The highest BCUT2D eigenvalue weighted by Gasteiger charge is 2.30. The molecule has 2 aromatic rings. The Morgan fingerprint density at radius 1 is 1.19 bits per heavy atom. The molecule has 9 heteroatoms. The van der Waals surface area contributed by atoms with Crippen molar-refractivity contribution in [1.29, 1.82) is 0 Å². The molecule has 0 N–H and O–H groups in total. The van der Waals surface area contributed by atoms with Gasteiger partial charge < -0.3 is 4.90 Å². The van der Waals surface area contributed by atoms with E-state index in [0.717, 1.165) is 6.07 Å². The highest BCUT2D eigenvalue weighted by Crippen LogP contribution is 2.29. The van der Waals surface area contributed by atoms with E-state index >= 15 is 0 Å². The van der Waals surface area contributed by atoms with Gasteiger partial charge in [-0.3, -0.25) is 14.4 Å². The second-order valence-corrected chi connectivity index (χ2v) is 6.65. The van der Waals surface area contributed by atoms with Gasteiger partial charge in [-0.1, -0.05) is 29.8 Å². The van der Waals surface area contributed by atoms with Crippen LogP contribution in [0.2, 0.25) is 5.02 Å². The van der Waals surface area contributed by atoms with E-state index in [9.17, 15) is 18.0 Å². The van der Waals surface area contributed by atoms with Crippen molar-refractivity contribution in [2.24, 2.45) is 0 Å². The molecule has 1 aliphatic heterocycles. The Hall–Kier alpha value is -2.06. The van der Waals surface area contributed by atoms with Crippen molar-refractivity contribution in [1.82, 2.24) is 19.6 Å². The van der Waals surface area contributed by atoms with Crippen molar-refractivity contribution in [2.75, 3.05) is 26.2 Å². The lowest BCUT2D eigenvalue weighted by molar-refractivity contribution is -0.137. The van der Waals surface area contributed by atoms with Crippen molar-refractivity contribution in [3.63, 3.8) is 0 Å². The standard InChI is InChI=1S/C17H18ClF3N4O/c18-15-9-22-25(11-15)12-16(26)24-6-4-23(5-7-24)10-13-2-1-3-14(8-13)17(19,20)21/h1-3,8-9,11H,4-7,10,12H2. The second-order valence-electron chi connectivity index (χ2n) is 6.21. The van der Waals surface area contributed by atoms with Gasteiger partial charge >= 0.3 is 6.18 Å². The first-order valence-electron chi connectivity index (χ1n) is 8.15. The molecule has 0 radical (unpaired) electrons. The third kappa shape index (κ3) is 4.76. The number of alkyl halides is 3. The van der Waals surface area contributed by atoms with Crippen LogP contribution in [-0.2, 0) is 24.1 Å². The average molecular weight is 387 g/mol. The largest absolute Gasteiger partial charge is 0.416 e. The van der Waals surface area contributed by atoms with E-state index in [2.05, 4.69) is 5.10 Å². The van der Waals surface area contributed by atoms with E-state index in [1.807, 2.05) is 4.90 Å². The van der Waals surface area contributed by atoms with E-state index in [4.69, 9.17) is 11.6 Å². The summed E-state index contributed by atoms with van der Waals surface area (Å²) < 4.78 is 39.9. The summed E-state index contributed by atoms with van der Waals surface area (Å²) >= 11 is 5.78. The molecule has 2 heterocycles. The number of rotatable bonds is 4. The Morgan fingerprint density at radius 2 is 1.92 bits per heavy atom. The van der Waals surface area contributed by atoms with Crippen LogP contribution in [0.25, 0.3) is 0 Å². The molecule has 0 atom stereocenters. The highest BCUT2D eigenvalue weighted by molar-refractivity contribution is 6.30. The van der Waals surface area contributed by atoms with Crippen molar-refractivity contribution in [2.45, 2.75) is 19.3 Å². The number of aromatic nitrogens is 2. The fraction of sp³-hybridized carbons (Fsp3) is 0.412. The zero-order chi connectivity index (χ0) is 18.7. The van der Waals surface area contributed by atoms with Crippen LogP contribution >= 0.6 is 11.6 Å². The minimum Gasteiger partial charge on any atom is -0.339 e. The zero-order valence-corrected chi connectivity index (χ0v) is 14.7. The first-order valence-corrected chi connectivity index (χ1v) is 8.53. The SMILES string of the molecule is O=C(Cn1cc(Cl)cn1)N1CCN(Cc2cccc(C(F)(F)F)c2)CC1. The molecule has 0 saturated carbocycles. The van der Waals surface area contributed by atoms with Gasteiger partial charge in [0.25, 0.3) is 0 Å². The van der Waals surface area contributed by atoms with Crippen molar-refractivity contribution in [3.8, 4) is 0 Å². The lowest BCUT2D eigenvalue weighted by atomic mass is 10.1. The molecule has 1 aliphatic rings. The van der Waals surface area contributed by atoms with Gasteiger partial charge in [-0.25, -0.2) is 0 Å². The van der Waals surface area contributed by atoms with Gasteiger partial charge in [0.1, 0.15) is 6.54 Å². The zero-order valence-electron chi connectivity index (χ0n) is 13.9. The fourth-order valence-corrected chi connectivity index (χ4v) is 3.08. The first-order chi connectivity index (χ1) is 12.3. The first kappa shape index (κ1) is 18.7. The molecule has 5 nitrogen and oxygen atoms in total. The lowest BCUT2D eigenvalue weighted by Crippen LogP contribution is -2.49. The van der Waals surface area contributed by atoms with Crippen LogP contribution in [0.5, 0.6) is 0 Å². The second kappa shape index (κ2) is 7.67. The molecule has 0 bridgehead atoms. The summed E-state index contributed by atoms with van der Waals surface area (Å²) in [4.78, 5) is 16.1. The van der Waals surface area contributed by atoms with Crippen molar-refractivity contribution in [3.05, 3.63) is 52.8 Å². The summed E-state index contributed by atoms with van der Waals surface area (Å²) in [6, 6.07) is 5.36. The molecular weight excluding hydrogens is 369 g/mol. The Morgan fingerprint density at radius 3 is 2.54 bits per heavy atom. The molecular formula is C17H18ClF3N4O. The summed E-state index contributed by atoms with van der Waals surface area (Å²) in [7, 11) is 0. The van der Waals surface area contributed by atoms with E-state index < -0.39 is 11.7 Å². The molecule has 0 unspecified atom stereocenters. The molecule has 0 spiro atoms. The Bertz CT molecular complexity index is 769. The van der Waals surface area contributed by atoms with Gasteiger partial charge in [0, 0.05) is 38.9 Å². The van der Waals surface area contributed by atoms with Gasteiger partial charge in [-0.2, -0.15) is 18.3 Å². The van der Waals surface area contributed by atoms with Crippen LogP contribution in [0.3, 0.4) is 0 Å². The maximum atomic E-state index is 12.8. The molecule has 140 valence electrons. The van der Waals surface area contributed by atoms with E-state index in [1.165, 1.54) is 23.0 Å². The highest BCUT2D eigenvalue weighted by atomic mass is 35.5. The molecule has 0 aliphatic carbocycles. The summed E-state index contributed by atoms with van der Waals surface area (Å²) in [5.41, 5.74) is -0.0209. The number of nitrogens with zero attached hydrogens (tertiary/aromatic N) is 4. The number of halogens is 4. The topological polar surface area (TPSA) is 41.4 Å². The number of carbonyl (C=O) groups is 1. The molecule has 26 heavy (non-hydrogen) atoms. The van der Waals surface area contributed by atoms with Gasteiger partial charge in [0.05, 0.1) is 16.8 Å². The summed E-state index contributed by atoms with van der Waals surface area (Å²) in [6.07, 6.45) is -1.28. The smallest absolute Gasteiger partial charge is 0.339 e. The maximum Gasteiger partial charge on any atom is 0.416 e. The van der Waals surface area contributed by atoms with Crippen LogP contribution in [0, 0.1) is 0 Å². The number of carbonyl (C=O) groups excluding carboxylic acids is 1. The minimum absolute atomic E-state index is 0.0523. The monoisotopic (exact) mass is 386 g/mol. The number of piperazine rings is 1. The molecule has 3 rings (SSSR count). The van der Waals surface area contributed by atoms with Crippen molar-refractivity contribution >= 4 is 17.5 Å². The van der Waals surface area contributed by atoms with Crippen LogP contribution in [0.4, 0.5) is 13.2 Å². The third-order valence-corrected chi connectivity index (χ3v) is 4.48. The van der Waals surface area contributed by atoms with Gasteiger partial charge in [0.2, 0.25) is 5.91 Å². The average Bonchev–Trinajstić information content (AvgIpc) is 3.00. The minimum atomic E-state index is -4.34. The third-order valence-electron chi connectivity index (χ3n) is 4.28. The molecule has 1 aromatic carbocycles. The van der Waals surface area contributed by atoms with Crippen LogP contribution in [0.1, 0.15) is 11.1 Å². The summed E-state index contributed by atoms with van der Waals surface area (Å²) in [5, 5.41) is 4.46. The number of hydrogen-bond acceptors (Lipinski definition) is 3. The normalized spacial score (nSPS) is 16.1. The Balaban J connectivity index is 1.51. The predicted octanol–water partition coefficient (Wildman–Crippen LogP) is 2.90. The van der Waals surface area contributed by atoms with Crippen LogP contribution in [0.15, 0.2) is 36.7 Å². The molecule has 1 aromatic heterocycles. The van der Waals surface area contributed by atoms with E-state index in [-0.39, 0.29) is 12.5 Å². The Labute approximate surface area is 153 Å². The summed E-state index contributed by atoms with van der Waals surface area (Å²) in [5.74, 6) is -0.0523. The van der Waals surface area contributed by atoms with E-state index in [0.29, 0.717) is 43.3 Å². The molecule has 1 saturated heterocycles. The van der Waals surface area contributed by atoms with Gasteiger partial charge in [-0.05, 0) is 11.6 Å². The number of benzene rings is 1. The summed E-state index contributed by atoms with van der Waals surface area (Å²) in [6.45, 7) is 2.85. The van der Waals surface area contributed by atoms with Gasteiger partial charge in [-0.15, -0.1) is 0 Å².